The Morgan fingerprint density at radius 1 is 1.38 bits per heavy atom. The van der Waals surface area contributed by atoms with E-state index in [0.29, 0.717) is 18.4 Å². The Morgan fingerprint density at radius 2 is 2.19 bits per heavy atom. The number of aromatic nitrogens is 2. The minimum atomic E-state index is -0.176. The number of carbonyl (C=O) groups excluding carboxylic acids is 1. The fourth-order valence-corrected chi connectivity index (χ4v) is 3.87. The highest BCUT2D eigenvalue weighted by Crippen LogP contribution is 2.28. The van der Waals surface area contributed by atoms with Gasteiger partial charge in [0.05, 0.1) is 12.4 Å². The summed E-state index contributed by atoms with van der Waals surface area (Å²) in [6.07, 6.45) is 8.31. The first-order valence-electron chi connectivity index (χ1n) is 7.66. The van der Waals surface area contributed by atoms with Crippen LogP contribution in [0.2, 0.25) is 0 Å². The van der Waals surface area contributed by atoms with Gasteiger partial charge in [-0.05, 0) is 19.3 Å². The van der Waals surface area contributed by atoms with Gasteiger partial charge in [0.15, 0.2) is 4.34 Å². The third-order valence-electron chi connectivity index (χ3n) is 3.41. The van der Waals surface area contributed by atoms with Crippen LogP contribution in [-0.4, -0.2) is 34.6 Å². The molecule has 0 amide bonds. The van der Waals surface area contributed by atoms with Crippen LogP contribution < -0.4 is 5.32 Å². The van der Waals surface area contributed by atoms with Gasteiger partial charge in [0, 0.05) is 6.04 Å². The predicted molar refractivity (Wildman–Crippen MR) is 87.0 cm³/mol. The number of hydrogen-bond donors (Lipinski definition) is 1. The van der Waals surface area contributed by atoms with Gasteiger partial charge in [-0.1, -0.05) is 55.7 Å². The van der Waals surface area contributed by atoms with E-state index in [1.807, 2.05) is 0 Å². The van der Waals surface area contributed by atoms with Gasteiger partial charge >= 0.3 is 5.97 Å². The maximum atomic E-state index is 11.5. The summed E-state index contributed by atoms with van der Waals surface area (Å²) in [4.78, 5) is 11.5. The Balaban J connectivity index is 1.68. The first-order valence-corrected chi connectivity index (χ1v) is 9.46. The van der Waals surface area contributed by atoms with Crippen molar-refractivity contribution in [1.82, 2.24) is 10.2 Å². The van der Waals surface area contributed by atoms with E-state index in [4.69, 9.17) is 4.74 Å². The Kier molecular flexibility index (Phi) is 7.29. The second-order valence-corrected chi connectivity index (χ2v) is 7.42. The van der Waals surface area contributed by atoms with Crippen LogP contribution in [0.4, 0.5) is 5.13 Å². The minimum Gasteiger partial charge on any atom is -0.465 e. The summed E-state index contributed by atoms with van der Waals surface area (Å²) >= 11 is 2.92. The van der Waals surface area contributed by atoms with Crippen LogP contribution in [0.25, 0.3) is 0 Å². The van der Waals surface area contributed by atoms with Crippen molar-refractivity contribution in [1.29, 1.82) is 0 Å². The van der Waals surface area contributed by atoms with Crippen molar-refractivity contribution in [3.63, 3.8) is 0 Å². The van der Waals surface area contributed by atoms with Gasteiger partial charge < -0.3 is 10.1 Å². The van der Waals surface area contributed by atoms with Crippen molar-refractivity contribution in [2.24, 2.45) is 0 Å². The number of nitrogens with one attached hydrogen (secondary N) is 1. The van der Waals surface area contributed by atoms with Crippen molar-refractivity contribution >= 4 is 34.2 Å². The van der Waals surface area contributed by atoms with Gasteiger partial charge in [-0.15, -0.1) is 10.2 Å². The number of anilines is 1. The fraction of sp³-hybridized carbons (Fsp3) is 0.786. The van der Waals surface area contributed by atoms with Crippen LogP contribution in [0, 0.1) is 0 Å². The summed E-state index contributed by atoms with van der Waals surface area (Å²) in [5.41, 5.74) is 0. The van der Waals surface area contributed by atoms with Crippen LogP contribution in [0.15, 0.2) is 4.34 Å². The van der Waals surface area contributed by atoms with Gasteiger partial charge in [-0.2, -0.15) is 0 Å². The third-order valence-corrected chi connectivity index (χ3v) is 5.37. The maximum Gasteiger partial charge on any atom is 0.316 e. The molecule has 0 aromatic carbocycles. The molecule has 0 spiro atoms. The van der Waals surface area contributed by atoms with Gasteiger partial charge in [0.1, 0.15) is 0 Å². The molecule has 1 aliphatic rings. The molecule has 0 saturated heterocycles. The molecule has 1 aliphatic carbocycles. The molecule has 0 atom stereocenters. The molecule has 118 valence electrons. The highest BCUT2D eigenvalue weighted by molar-refractivity contribution is 8.01. The molecule has 1 saturated carbocycles. The molecule has 1 fully saturated rings. The van der Waals surface area contributed by atoms with E-state index in [9.17, 15) is 4.79 Å². The number of thioether (sulfide) groups is 1. The largest absolute Gasteiger partial charge is 0.465 e. The topological polar surface area (TPSA) is 64.1 Å². The second kappa shape index (κ2) is 9.25. The molecule has 7 heteroatoms. The van der Waals surface area contributed by atoms with Crippen LogP contribution in [0.3, 0.4) is 0 Å². The number of esters is 1. The number of unbranched alkanes of at least 4 members (excludes halogenated alkanes) is 1. The van der Waals surface area contributed by atoms with Gasteiger partial charge in [-0.25, -0.2) is 0 Å². The zero-order valence-electron chi connectivity index (χ0n) is 12.5. The first kappa shape index (κ1) is 16.5. The van der Waals surface area contributed by atoms with E-state index >= 15 is 0 Å². The number of hydrogen-bond acceptors (Lipinski definition) is 7. The molecule has 0 bridgehead atoms. The molecule has 1 aromatic heterocycles. The quantitative estimate of drug-likeness (QED) is 0.445. The van der Waals surface area contributed by atoms with E-state index in [-0.39, 0.29) is 5.97 Å². The van der Waals surface area contributed by atoms with Crippen LogP contribution in [0.5, 0.6) is 0 Å². The molecule has 0 aliphatic heterocycles. The first-order chi connectivity index (χ1) is 10.3. The maximum absolute atomic E-state index is 11.5. The van der Waals surface area contributed by atoms with E-state index in [1.165, 1.54) is 55.2 Å². The Bertz CT molecular complexity index is 434. The molecule has 0 unspecified atom stereocenters. The zero-order chi connectivity index (χ0) is 14.9. The molecule has 0 radical (unpaired) electrons. The zero-order valence-corrected chi connectivity index (χ0v) is 14.1. The minimum absolute atomic E-state index is 0.176. The third kappa shape index (κ3) is 6.22. The molecular formula is C14H23N3O2S2. The number of carbonyl (C=O) groups is 1. The Hall–Kier alpha value is -0.820. The number of ether oxygens (including phenoxy) is 1. The molecule has 5 nitrogen and oxygen atoms in total. The lowest BCUT2D eigenvalue weighted by atomic mass is 9.96. The van der Waals surface area contributed by atoms with Gasteiger partial charge in [0.25, 0.3) is 0 Å². The number of nitrogens with zero attached hydrogens (tertiary/aromatic N) is 2. The molecule has 1 N–H and O–H groups in total. The van der Waals surface area contributed by atoms with Crippen molar-refractivity contribution < 1.29 is 9.53 Å². The summed E-state index contributed by atoms with van der Waals surface area (Å²) in [6.45, 7) is 2.59. The average molecular weight is 329 g/mol. The van der Waals surface area contributed by atoms with Gasteiger partial charge in [0.2, 0.25) is 5.13 Å². The summed E-state index contributed by atoms with van der Waals surface area (Å²) in [5.74, 6) is 0.132. The molecular weight excluding hydrogens is 306 g/mol. The van der Waals surface area contributed by atoms with Crippen LogP contribution in [-0.2, 0) is 9.53 Å². The van der Waals surface area contributed by atoms with E-state index in [2.05, 4.69) is 22.4 Å². The lowest BCUT2D eigenvalue weighted by Gasteiger charge is -2.21. The van der Waals surface area contributed by atoms with Crippen LogP contribution >= 0.6 is 23.1 Å². The fourth-order valence-electron chi connectivity index (χ4n) is 2.24. The average Bonchev–Trinajstić information content (AvgIpc) is 2.94. The van der Waals surface area contributed by atoms with E-state index in [0.717, 1.165) is 22.3 Å². The Morgan fingerprint density at radius 3 is 2.95 bits per heavy atom. The van der Waals surface area contributed by atoms with Crippen molar-refractivity contribution in [3.8, 4) is 0 Å². The summed E-state index contributed by atoms with van der Waals surface area (Å²) in [6, 6.07) is 0.531. The standard InChI is InChI=1S/C14H23N3O2S2/c1-2-3-9-19-12(18)10-20-14-17-16-13(21-14)15-11-7-5-4-6-8-11/h11H,2-10H2,1H3,(H,15,16). The van der Waals surface area contributed by atoms with Crippen LogP contribution in [0.1, 0.15) is 51.9 Å². The normalized spacial score (nSPS) is 15.9. The number of rotatable bonds is 8. The monoisotopic (exact) mass is 329 g/mol. The summed E-state index contributed by atoms with van der Waals surface area (Å²) in [7, 11) is 0. The summed E-state index contributed by atoms with van der Waals surface area (Å²) < 4.78 is 5.93. The second-order valence-electron chi connectivity index (χ2n) is 5.22. The predicted octanol–water partition coefficient (Wildman–Crippen LogP) is 3.72. The van der Waals surface area contributed by atoms with Crippen molar-refractivity contribution in [2.75, 3.05) is 17.7 Å². The smallest absolute Gasteiger partial charge is 0.316 e. The molecule has 21 heavy (non-hydrogen) atoms. The molecule has 1 aromatic rings. The molecule has 1 heterocycles. The lowest BCUT2D eigenvalue weighted by Crippen LogP contribution is -2.21. The lowest BCUT2D eigenvalue weighted by molar-refractivity contribution is -0.140. The molecule has 2 rings (SSSR count). The van der Waals surface area contributed by atoms with E-state index < -0.39 is 0 Å². The SMILES string of the molecule is CCCCOC(=O)CSc1nnc(NC2CCCCC2)s1. The van der Waals surface area contributed by atoms with Crippen molar-refractivity contribution in [3.05, 3.63) is 0 Å². The Labute approximate surface area is 134 Å². The van der Waals surface area contributed by atoms with E-state index in [1.54, 1.807) is 0 Å². The highest BCUT2D eigenvalue weighted by Gasteiger charge is 2.15. The van der Waals surface area contributed by atoms with Gasteiger partial charge in [-0.3, -0.25) is 4.79 Å². The van der Waals surface area contributed by atoms with Crippen molar-refractivity contribution in [2.45, 2.75) is 62.3 Å². The summed E-state index contributed by atoms with van der Waals surface area (Å²) in [5, 5.41) is 12.6. The highest BCUT2D eigenvalue weighted by atomic mass is 32.2.